The fourth-order valence-corrected chi connectivity index (χ4v) is 1.61. The maximum Gasteiger partial charge on any atom is 0.341 e. The quantitative estimate of drug-likeness (QED) is 0.838. The Morgan fingerprint density at radius 1 is 1.50 bits per heavy atom. The maximum atomic E-state index is 11.2. The van der Waals surface area contributed by atoms with Gasteiger partial charge in [-0.15, -0.1) is 6.42 Å². The number of carboxylic acids is 1. The van der Waals surface area contributed by atoms with Gasteiger partial charge in [0.15, 0.2) is 6.10 Å². The molecule has 2 rings (SSSR count). The van der Waals surface area contributed by atoms with Crippen molar-refractivity contribution in [2.75, 3.05) is 0 Å². The summed E-state index contributed by atoms with van der Waals surface area (Å²) in [6.45, 7) is 1.68. The van der Waals surface area contributed by atoms with E-state index in [1.807, 2.05) is 6.07 Å². The van der Waals surface area contributed by atoms with Gasteiger partial charge in [-0.3, -0.25) is 4.98 Å². The molecule has 1 aromatic heterocycles. The summed E-state index contributed by atoms with van der Waals surface area (Å²) in [4.78, 5) is 15.2. The number of hydrogen-bond acceptors (Lipinski definition) is 3. The van der Waals surface area contributed by atoms with Crippen molar-refractivity contribution in [2.24, 2.45) is 0 Å². The van der Waals surface area contributed by atoms with Crippen molar-refractivity contribution in [2.45, 2.75) is 13.0 Å². The summed E-state index contributed by atoms with van der Waals surface area (Å²) in [5.41, 5.74) is 0.678. The first-order valence-electron chi connectivity index (χ1n) is 5.37. The standard InChI is InChI=1S/C14H11NO3/c1-3-9(2)18-13-10-6-4-5-7-12(10)15-8-11(13)14(16)17/h1,4-9H,2H3,(H,16,17). The number of ether oxygens (including phenoxy) is 1. The molecule has 1 atom stereocenters. The lowest BCUT2D eigenvalue weighted by Gasteiger charge is -2.13. The number of para-hydroxylation sites is 1. The van der Waals surface area contributed by atoms with E-state index < -0.39 is 12.1 Å². The van der Waals surface area contributed by atoms with Gasteiger partial charge in [-0.1, -0.05) is 18.1 Å². The summed E-state index contributed by atoms with van der Waals surface area (Å²) >= 11 is 0. The highest BCUT2D eigenvalue weighted by atomic mass is 16.5. The topological polar surface area (TPSA) is 59.4 Å². The highest BCUT2D eigenvalue weighted by Gasteiger charge is 2.17. The number of aromatic nitrogens is 1. The fraction of sp³-hybridized carbons (Fsp3) is 0.143. The molecule has 0 bridgehead atoms. The Kier molecular flexibility index (Phi) is 3.16. The van der Waals surface area contributed by atoms with E-state index in [1.54, 1.807) is 25.1 Å². The van der Waals surface area contributed by atoms with Crippen molar-refractivity contribution in [1.29, 1.82) is 0 Å². The molecule has 0 aliphatic carbocycles. The highest BCUT2D eigenvalue weighted by Crippen LogP contribution is 2.29. The van der Waals surface area contributed by atoms with Crippen LogP contribution in [-0.4, -0.2) is 22.2 Å². The number of benzene rings is 1. The van der Waals surface area contributed by atoms with Crippen LogP contribution in [0.4, 0.5) is 0 Å². The van der Waals surface area contributed by atoms with E-state index in [9.17, 15) is 4.79 Å². The molecule has 4 heteroatoms. The highest BCUT2D eigenvalue weighted by molar-refractivity contribution is 5.98. The van der Waals surface area contributed by atoms with Gasteiger partial charge in [0.2, 0.25) is 0 Å². The SMILES string of the molecule is C#CC(C)Oc1c(C(=O)O)cnc2ccccc12. The zero-order valence-corrected chi connectivity index (χ0v) is 9.75. The number of fused-ring (bicyclic) bond motifs is 1. The van der Waals surface area contributed by atoms with Crippen molar-refractivity contribution in [3.05, 3.63) is 36.0 Å². The van der Waals surface area contributed by atoms with Crippen LogP contribution >= 0.6 is 0 Å². The lowest BCUT2D eigenvalue weighted by Crippen LogP contribution is -2.12. The average molecular weight is 241 g/mol. The molecular weight excluding hydrogens is 230 g/mol. The molecule has 1 N–H and O–H groups in total. The molecule has 0 aliphatic heterocycles. The van der Waals surface area contributed by atoms with Gasteiger partial charge in [0.05, 0.1) is 5.52 Å². The number of hydrogen-bond donors (Lipinski definition) is 1. The molecule has 4 nitrogen and oxygen atoms in total. The first-order chi connectivity index (χ1) is 8.63. The molecule has 18 heavy (non-hydrogen) atoms. The number of rotatable bonds is 3. The molecule has 0 fully saturated rings. The van der Waals surface area contributed by atoms with E-state index in [1.165, 1.54) is 6.20 Å². The van der Waals surface area contributed by atoms with Crippen LogP contribution in [0.15, 0.2) is 30.5 Å². The van der Waals surface area contributed by atoms with Crippen molar-refractivity contribution >= 4 is 16.9 Å². The maximum absolute atomic E-state index is 11.2. The summed E-state index contributed by atoms with van der Waals surface area (Å²) in [7, 11) is 0. The minimum Gasteiger partial charge on any atom is -0.477 e. The molecule has 0 amide bonds. The minimum absolute atomic E-state index is 0.0100. The van der Waals surface area contributed by atoms with E-state index in [4.69, 9.17) is 16.3 Å². The largest absolute Gasteiger partial charge is 0.477 e. The third kappa shape index (κ3) is 2.11. The van der Waals surface area contributed by atoms with Crippen molar-refractivity contribution in [1.82, 2.24) is 4.98 Å². The molecule has 90 valence electrons. The molecule has 0 saturated carbocycles. The minimum atomic E-state index is -1.09. The molecule has 1 aromatic carbocycles. The summed E-state index contributed by atoms with van der Waals surface area (Å²) < 4.78 is 5.51. The Labute approximate surface area is 104 Å². The van der Waals surface area contributed by atoms with E-state index in [0.29, 0.717) is 10.9 Å². The van der Waals surface area contributed by atoms with Crippen LogP contribution in [-0.2, 0) is 0 Å². The van der Waals surface area contributed by atoms with Gasteiger partial charge in [-0.05, 0) is 19.1 Å². The molecule has 0 spiro atoms. The van der Waals surface area contributed by atoms with E-state index >= 15 is 0 Å². The van der Waals surface area contributed by atoms with Gasteiger partial charge in [0, 0.05) is 11.6 Å². The molecule has 0 radical (unpaired) electrons. The second-order valence-electron chi connectivity index (χ2n) is 3.75. The molecular formula is C14H11NO3. The van der Waals surface area contributed by atoms with Crippen LogP contribution in [0.2, 0.25) is 0 Å². The van der Waals surface area contributed by atoms with Gasteiger partial charge >= 0.3 is 5.97 Å². The number of aromatic carboxylic acids is 1. The molecule has 2 aromatic rings. The normalized spacial score (nSPS) is 11.8. The lowest BCUT2D eigenvalue weighted by molar-refractivity contribution is 0.0691. The Bertz CT molecular complexity index is 643. The van der Waals surface area contributed by atoms with Gasteiger partial charge in [0.25, 0.3) is 0 Å². The Hall–Kier alpha value is -2.54. The third-order valence-electron chi connectivity index (χ3n) is 2.49. The number of nitrogens with zero attached hydrogens (tertiary/aromatic N) is 1. The third-order valence-corrected chi connectivity index (χ3v) is 2.49. The molecule has 1 heterocycles. The summed E-state index contributed by atoms with van der Waals surface area (Å²) in [6.07, 6.45) is 6.03. The van der Waals surface area contributed by atoms with E-state index in [0.717, 1.165) is 0 Å². The predicted octanol–water partition coefficient (Wildman–Crippen LogP) is 2.33. The monoisotopic (exact) mass is 241 g/mol. The Balaban J connectivity index is 2.67. The van der Waals surface area contributed by atoms with Crippen molar-refractivity contribution < 1.29 is 14.6 Å². The van der Waals surface area contributed by atoms with Crippen molar-refractivity contribution in [3.8, 4) is 18.1 Å². The number of terminal acetylenes is 1. The van der Waals surface area contributed by atoms with Gasteiger partial charge in [-0.25, -0.2) is 4.79 Å². The van der Waals surface area contributed by atoms with Crippen molar-refractivity contribution in [3.63, 3.8) is 0 Å². The van der Waals surface area contributed by atoms with Gasteiger partial charge in [-0.2, -0.15) is 0 Å². The summed E-state index contributed by atoms with van der Waals surface area (Å²) in [5, 5.41) is 9.78. The molecule has 1 unspecified atom stereocenters. The van der Waals surface area contributed by atoms with Crippen LogP contribution in [0.3, 0.4) is 0 Å². The summed E-state index contributed by atoms with van der Waals surface area (Å²) in [6, 6.07) is 7.16. The molecule has 0 aliphatic rings. The smallest absolute Gasteiger partial charge is 0.341 e. The zero-order chi connectivity index (χ0) is 13.1. The Morgan fingerprint density at radius 3 is 2.89 bits per heavy atom. The van der Waals surface area contributed by atoms with Crippen LogP contribution in [0.1, 0.15) is 17.3 Å². The number of carboxylic acid groups (broad SMARTS) is 1. The second-order valence-corrected chi connectivity index (χ2v) is 3.75. The van der Waals surface area contributed by atoms with Crippen LogP contribution in [0.5, 0.6) is 5.75 Å². The summed E-state index contributed by atoms with van der Waals surface area (Å²) in [5.74, 6) is 1.58. The first-order valence-corrected chi connectivity index (χ1v) is 5.37. The first kappa shape index (κ1) is 11.9. The van der Waals surface area contributed by atoms with Crippen LogP contribution in [0, 0.1) is 12.3 Å². The zero-order valence-electron chi connectivity index (χ0n) is 9.75. The molecule has 0 saturated heterocycles. The van der Waals surface area contributed by atoms with Crippen LogP contribution in [0.25, 0.3) is 10.9 Å². The second kappa shape index (κ2) is 4.76. The average Bonchev–Trinajstić information content (AvgIpc) is 2.38. The number of pyridine rings is 1. The predicted molar refractivity (Wildman–Crippen MR) is 67.6 cm³/mol. The Morgan fingerprint density at radius 2 is 2.22 bits per heavy atom. The van der Waals surface area contributed by atoms with E-state index in [-0.39, 0.29) is 11.3 Å². The van der Waals surface area contributed by atoms with E-state index in [2.05, 4.69) is 10.9 Å². The van der Waals surface area contributed by atoms with Gasteiger partial charge < -0.3 is 9.84 Å². The lowest BCUT2D eigenvalue weighted by atomic mass is 10.1. The fourth-order valence-electron chi connectivity index (χ4n) is 1.61. The van der Waals surface area contributed by atoms with Crippen LogP contribution < -0.4 is 4.74 Å². The number of carbonyl (C=O) groups is 1. The van der Waals surface area contributed by atoms with Gasteiger partial charge in [0.1, 0.15) is 11.3 Å².